The summed E-state index contributed by atoms with van der Waals surface area (Å²) in [5.74, 6) is -1.21. The fourth-order valence-electron chi connectivity index (χ4n) is 5.67. The molecule has 1 aliphatic heterocycles. The normalized spacial score (nSPS) is 12.9. The third kappa shape index (κ3) is 9.38. The lowest BCUT2D eigenvalue weighted by Crippen LogP contribution is -2.22. The van der Waals surface area contributed by atoms with Gasteiger partial charge < -0.3 is 10.0 Å². The molecule has 0 aliphatic carbocycles. The number of aliphatic carboxylic acids is 1. The number of aryl methyl sites for hydroxylation is 1. The summed E-state index contributed by atoms with van der Waals surface area (Å²) in [6, 6.07) is 23.5. The fourth-order valence-corrected chi connectivity index (χ4v) is 8.69. The predicted molar refractivity (Wildman–Crippen MR) is 204 cm³/mol. The molecule has 0 bridgehead atoms. The third-order valence-electron chi connectivity index (χ3n) is 8.17. The molecular weight excluding hydrogens is 637 g/mol. The molecule has 5 rings (SSSR count). The van der Waals surface area contributed by atoms with Crippen LogP contribution in [0.5, 0.6) is 0 Å². The highest BCUT2D eigenvalue weighted by atomic mass is 32.2. The molecule has 7 heteroatoms. The lowest BCUT2D eigenvalue weighted by Gasteiger charge is -2.33. The molecule has 0 unspecified atom stereocenters. The second-order valence-corrected chi connectivity index (χ2v) is 15.1. The van der Waals surface area contributed by atoms with Gasteiger partial charge in [-0.15, -0.1) is 22.7 Å². The zero-order valence-corrected chi connectivity index (χ0v) is 29.7. The number of para-hydroxylation sites is 1. The van der Waals surface area contributed by atoms with Crippen molar-refractivity contribution in [1.29, 1.82) is 5.26 Å². The van der Waals surface area contributed by atoms with Crippen molar-refractivity contribution in [2.45, 2.75) is 81.4 Å². The molecule has 1 aliphatic rings. The number of benzene rings is 2. The zero-order chi connectivity index (χ0) is 33.0. The first-order valence-corrected chi connectivity index (χ1v) is 19.1. The van der Waals surface area contributed by atoms with Gasteiger partial charge >= 0.3 is 5.97 Å². The van der Waals surface area contributed by atoms with E-state index < -0.39 is 5.97 Å². The fraction of sp³-hybridized carbons (Fsp3) is 0.300. The van der Waals surface area contributed by atoms with Crippen LogP contribution < -0.4 is 4.90 Å². The number of fused-ring (bicyclic) bond motifs is 2. The van der Waals surface area contributed by atoms with E-state index in [1.54, 1.807) is 17.4 Å². The Balaban J connectivity index is 1.36. The Bertz CT molecular complexity index is 1800. The van der Waals surface area contributed by atoms with E-state index in [-0.39, 0.29) is 5.57 Å². The van der Waals surface area contributed by atoms with E-state index in [0.717, 1.165) is 22.7 Å². The Hall–Kier alpha value is -3.83. The van der Waals surface area contributed by atoms with Crippen LogP contribution in [0.4, 0.5) is 11.4 Å². The second kappa shape index (κ2) is 17.4. The van der Waals surface area contributed by atoms with Gasteiger partial charge in [-0.3, -0.25) is 0 Å². The molecule has 4 aromatic rings. The molecule has 242 valence electrons. The Morgan fingerprint density at radius 1 is 0.787 bits per heavy atom. The lowest BCUT2D eigenvalue weighted by molar-refractivity contribution is -0.132. The van der Waals surface area contributed by atoms with E-state index in [2.05, 4.69) is 91.6 Å². The molecule has 1 N–H and O–H groups in total. The van der Waals surface area contributed by atoms with Crippen molar-refractivity contribution in [3.05, 3.63) is 96.9 Å². The Morgan fingerprint density at radius 2 is 1.53 bits per heavy atom. The molecule has 2 aromatic heterocycles. The van der Waals surface area contributed by atoms with Gasteiger partial charge in [0.2, 0.25) is 0 Å². The SMILES string of the molecule is CCCCCCc1cc(/C=C/c2ccc(/C=C(\C#N)C(=O)O)s2)sc1/C=C/c1ccc2c(c1)Sc1ccccc1N2CCCCCC. The summed E-state index contributed by atoms with van der Waals surface area (Å²) in [6.45, 7) is 5.55. The summed E-state index contributed by atoms with van der Waals surface area (Å²) in [4.78, 5) is 20.6. The minimum Gasteiger partial charge on any atom is -0.477 e. The molecule has 0 radical (unpaired) electrons. The van der Waals surface area contributed by atoms with Crippen LogP contribution >= 0.6 is 34.4 Å². The number of anilines is 2. The van der Waals surface area contributed by atoms with Gasteiger partial charge in [0.1, 0.15) is 11.6 Å². The maximum Gasteiger partial charge on any atom is 0.346 e. The molecule has 4 nitrogen and oxygen atoms in total. The lowest BCUT2D eigenvalue weighted by atomic mass is 10.1. The highest BCUT2D eigenvalue weighted by Crippen LogP contribution is 2.48. The minimum atomic E-state index is -1.21. The maximum absolute atomic E-state index is 11.2. The van der Waals surface area contributed by atoms with Crippen LogP contribution in [0.25, 0.3) is 30.4 Å². The first-order valence-electron chi connectivity index (χ1n) is 16.6. The summed E-state index contributed by atoms with van der Waals surface area (Å²) < 4.78 is 0. The average Bonchev–Trinajstić information content (AvgIpc) is 3.71. The topological polar surface area (TPSA) is 64.3 Å². The largest absolute Gasteiger partial charge is 0.477 e. The summed E-state index contributed by atoms with van der Waals surface area (Å²) in [5.41, 5.74) is 4.96. The van der Waals surface area contributed by atoms with Crippen LogP contribution in [-0.2, 0) is 11.2 Å². The van der Waals surface area contributed by atoms with Crippen molar-refractivity contribution in [3.8, 4) is 6.07 Å². The van der Waals surface area contributed by atoms with Gasteiger partial charge in [-0.05, 0) is 97.2 Å². The average molecular weight is 679 g/mol. The summed E-state index contributed by atoms with van der Waals surface area (Å²) in [6.07, 6.45) is 21.1. The smallest absolute Gasteiger partial charge is 0.346 e. The Kier molecular flexibility index (Phi) is 12.7. The molecule has 0 spiro atoms. The molecule has 2 aromatic carbocycles. The predicted octanol–water partition coefficient (Wildman–Crippen LogP) is 12.4. The highest BCUT2D eigenvalue weighted by Gasteiger charge is 2.23. The number of carbonyl (C=O) groups is 1. The van der Waals surface area contributed by atoms with Crippen molar-refractivity contribution in [1.82, 2.24) is 0 Å². The number of nitrogens with zero attached hydrogens (tertiary/aromatic N) is 2. The van der Waals surface area contributed by atoms with E-state index >= 15 is 0 Å². The number of nitriles is 1. The Labute approximate surface area is 291 Å². The van der Waals surface area contributed by atoms with Crippen LogP contribution in [0.1, 0.15) is 95.8 Å². The van der Waals surface area contributed by atoms with Crippen LogP contribution in [0, 0.1) is 11.3 Å². The molecular formula is C40H42N2O2S3. The van der Waals surface area contributed by atoms with Crippen LogP contribution in [0.3, 0.4) is 0 Å². The third-order valence-corrected chi connectivity index (χ3v) is 11.4. The van der Waals surface area contributed by atoms with Gasteiger partial charge in [0.25, 0.3) is 0 Å². The number of carboxylic acid groups (broad SMARTS) is 1. The first-order chi connectivity index (χ1) is 23.0. The number of rotatable bonds is 16. The number of carboxylic acids is 1. The van der Waals surface area contributed by atoms with Gasteiger partial charge in [-0.2, -0.15) is 5.26 Å². The monoisotopic (exact) mass is 678 g/mol. The highest BCUT2D eigenvalue weighted by molar-refractivity contribution is 7.99. The summed E-state index contributed by atoms with van der Waals surface area (Å²) in [5, 5.41) is 18.2. The molecule has 0 atom stereocenters. The summed E-state index contributed by atoms with van der Waals surface area (Å²) in [7, 11) is 0. The number of thiophene rings is 2. The van der Waals surface area contributed by atoms with Crippen LogP contribution in [0.2, 0.25) is 0 Å². The molecule has 0 amide bonds. The Morgan fingerprint density at radius 3 is 2.32 bits per heavy atom. The van der Waals surface area contributed by atoms with Crippen LogP contribution in [-0.4, -0.2) is 17.6 Å². The van der Waals surface area contributed by atoms with Crippen molar-refractivity contribution in [3.63, 3.8) is 0 Å². The van der Waals surface area contributed by atoms with Crippen molar-refractivity contribution in [2.75, 3.05) is 11.4 Å². The molecule has 47 heavy (non-hydrogen) atoms. The zero-order valence-electron chi connectivity index (χ0n) is 27.2. The van der Waals surface area contributed by atoms with Crippen LogP contribution in [0.15, 0.2) is 76.0 Å². The number of hydrogen-bond donors (Lipinski definition) is 1. The van der Waals surface area contributed by atoms with Crippen molar-refractivity contribution in [2.24, 2.45) is 0 Å². The van der Waals surface area contributed by atoms with Gasteiger partial charge in [-0.1, -0.05) is 88.4 Å². The first kappa shape index (κ1) is 34.5. The van der Waals surface area contributed by atoms with Crippen molar-refractivity contribution >= 4 is 82.2 Å². The number of hydrogen-bond acceptors (Lipinski definition) is 6. The van der Waals surface area contributed by atoms with E-state index in [1.165, 1.54) is 111 Å². The standard InChI is InChI=1S/C40H42N2O2S3/c1-3-5-7-9-13-30-26-34(21-19-32-18-20-33(45-32)27-31(28-41)40(43)44)46-37(30)23-17-29-16-22-36-39(25-29)47-38-15-11-10-14-35(38)42(36)24-12-8-6-4-2/h10-11,14-23,25-27H,3-9,12-13,24H2,1-2H3,(H,43,44)/b21-19+,23-17+,31-27+. The quantitative estimate of drug-likeness (QED) is 0.0726. The molecule has 3 heterocycles. The minimum absolute atomic E-state index is 0.258. The van der Waals surface area contributed by atoms with Gasteiger partial charge in [0.05, 0.1) is 11.4 Å². The molecule has 0 saturated carbocycles. The van der Waals surface area contributed by atoms with Gasteiger partial charge in [0.15, 0.2) is 0 Å². The van der Waals surface area contributed by atoms with E-state index in [0.29, 0.717) is 0 Å². The maximum atomic E-state index is 11.2. The molecule has 0 saturated heterocycles. The van der Waals surface area contributed by atoms with Gasteiger partial charge in [0, 0.05) is 35.8 Å². The van der Waals surface area contributed by atoms with Crippen molar-refractivity contribution < 1.29 is 9.90 Å². The van der Waals surface area contributed by atoms with Gasteiger partial charge in [-0.25, -0.2) is 4.79 Å². The van der Waals surface area contributed by atoms with E-state index in [4.69, 9.17) is 10.4 Å². The summed E-state index contributed by atoms with van der Waals surface area (Å²) >= 11 is 5.15. The van der Waals surface area contributed by atoms with E-state index in [9.17, 15) is 4.79 Å². The second-order valence-electron chi connectivity index (χ2n) is 11.7. The molecule has 0 fully saturated rings. The van der Waals surface area contributed by atoms with E-state index in [1.807, 2.05) is 23.9 Å². The number of unbranched alkanes of at least 4 members (excludes halogenated alkanes) is 6.